The summed E-state index contributed by atoms with van der Waals surface area (Å²) >= 11 is 11.0. The monoisotopic (exact) mass is 247 g/mol. The average Bonchev–Trinajstić information content (AvgIpc) is 2.57. The van der Waals surface area contributed by atoms with Gasteiger partial charge in [-0.15, -0.1) is 0 Å². The van der Waals surface area contributed by atoms with Crippen LogP contribution in [0.2, 0.25) is 0 Å². The van der Waals surface area contributed by atoms with Gasteiger partial charge in [0.25, 0.3) is 5.91 Å². The first-order valence-electron chi connectivity index (χ1n) is 3.70. The van der Waals surface area contributed by atoms with Crippen LogP contribution in [0.5, 0.6) is 0 Å². The zero-order valence-electron chi connectivity index (χ0n) is 6.77. The van der Waals surface area contributed by atoms with Crippen molar-refractivity contribution < 1.29 is 9.59 Å². The van der Waals surface area contributed by atoms with Crippen LogP contribution >= 0.6 is 36.2 Å². The minimum atomic E-state index is -0.766. The molecule has 0 bridgehead atoms. The minimum absolute atomic E-state index is 0.169. The van der Waals surface area contributed by atoms with Gasteiger partial charge in [-0.05, 0) is 12.2 Å². The van der Waals surface area contributed by atoms with Gasteiger partial charge in [0, 0.05) is 0 Å². The van der Waals surface area contributed by atoms with Crippen LogP contribution in [0.15, 0.2) is 0 Å². The van der Waals surface area contributed by atoms with Crippen LogP contribution in [-0.2, 0) is 9.59 Å². The Balaban J connectivity index is 2.22. The molecule has 2 saturated heterocycles. The fraction of sp³-hybridized carbons (Fsp3) is 0.333. The van der Waals surface area contributed by atoms with E-state index < -0.39 is 6.17 Å². The van der Waals surface area contributed by atoms with E-state index in [9.17, 15) is 9.59 Å². The molecule has 2 aliphatic rings. The Bertz CT molecular complexity index is 340. The molecule has 2 heterocycles. The maximum Gasteiger partial charge on any atom is 0.270 e. The van der Waals surface area contributed by atoms with E-state index in [2.05, 4.69) is 10.6 Å². The van der Waals surface area contributed by atoms with Crippen molar-refractivity contribution in [1.29, 1.82) is 0 Å². The molecule has 1 atom stereocenters. The zero-order chi connectivity index (χ0) is 10.3. The van der Waals surface area contributed by atoms with Crippen LogP contribution in [0, 0.1) is 0 Å². The highest BCUT2D eigenvalue weighted by Crippen LogP contribution is 2.21. The molecule has 2 N–H and O–H groups in total. The summed E-state index contributed by atoms with van der Waals surface area (Å²) in [7, 11) is 0. The summed E-state index contributed by atoms with van der Waals surface area (Å²) in [6.45, 7) is 0. The van der Waals surface area contributed by atoms with Crippen LogP contribution in [0.3, 0.4) is 0 Å². The van der Waals surface area contributed by atoms with E-state index in [1.165, 1.54) is 16.7 Å². The van der Waals surface area contributed by atoms with E-state index >= 15 is 0 Å². The standard InChI is InChI=1S/C6H5N3O2S3/c10-2-1-14-6(13)9(2)3-4(11)8-5(12)7-3/h3H,1H2,(H2,7,8,11,12). The van der Waals surface area contributed by atoms with Gasteiger partial charge in [-0.1, -0.05) is 24.0 Å². The molecule has 2 rings (SSSR count). The highest BCUT2D eigenvalue weighted by atomic mass is 32.2. The molecular weight excluding hydrogens is 242 g/mol. The van der Waals surface area contributed by atoms with Crippen molar-refractivity contribution in [3.63, 3.8) is 0 Å². The SMILES string of the molecule is O=C1NC(=S)NC1N1C(=O)CSC1=S. The number of carbonyl (C=O) groups excluding carboxylic acids is 2. The molecule has 2 fully saturated rings. The fourth-order valence-corrected chi connectivity index (χ4v) is 2.53. The van der Waals surface area contributed by atoms with Gasteiger partial charge in [0.05, 0.1) is 5.75 Å². The van der Waals surface area contributed by atoms with Crippen molar-refractivity contribution in [2.45, 2.75) is 6.17 Å². The zero-order valence-corrected chi connectivity index (χ0v) is 9.22. The Morgan fingerprint density at radius 3 is 2.57 bits per heavy atom. The lowest BCUT2D eigenvalue weighted by Crippen LogP contribution is -2.49. The van der Waals surface area contributed by atoms with Gasteiger partial charge < -0.3 is 5.32 Å². The Kier molecular flexibility index (Phi) is 2.41. The smallest absolute Gasteiger partial charge is 0.270 e. The Morgan fingerprint density at radius 2 is 2.14 bits per heavy atom. The lowest BCUT2D eigenvalue weighted by atomic mass is 10.4. The minimum Gasteiger partial charge on any atom is -0.334 e. The van der Waals surface area contributed by atoms with E-state index in [0.29, 0.717) is 4.32 Å². The number of thioether (sulfide) groups is 1. The normalized spacial score (nSPS) is 26.9. The van der Waals surface area contributed by atoms with Gasteiger partial charge in [-0.25, -0.2) is 0 Å². The second-order valence-electron chi connectivity index (χ2n) is 2.68. The molecule has 14 heavy (non-hydrogen) atoms. The predicted molar refractivity (Wildman–Crippen MR) is 59.6 cm³/mol. The van der Waals surface area contributed by atoms with Crippen LogP contribution in [0.4, 0.5) is 0 Å². The van der Waals surface area contributed by atoms with E-state index in [1.807, 2.05) is 0 Å². The summed E-state index contributed by atoms with van der Waals surface area (Å²) in [5, 5.41) is 5.31. The van der Waals surface area contributed by atoms with Crippen LogP contribution < -0.4 is 10.6 Å². The molecule has 5 nitrogen and oxygen atoms in total. The van der Waals surface area contributed by atoms with Gasteiger partial charge in [-0.2, -0.15) is 0 Å². The molecule has 74 valence electrons. The van der Waals surface area contributed by atoms with Crippen molar-refractivity contribution in [3.8, 4) is 0 Å². The Labute approximate surface area is 94.6 Å². The van der Waals surface area contributed by atoms with E-state index in [-0.39, 0.29) is 22.7 Å². The summed E-state index contributed by atoms with van der Waals surface area (Å²) in [5.41, 5.74) is 0. The van der Waals surface area contributed by atoms with Gasteiger partial charge in [0.2, 0.25) is 5.91 Å². The molecule has 0 aromatic rings. The van der Waals surface area contributed by atoms with E-state index in [4.69, 9.17) is 24.4 Å². The van der Waals surface area contributed by atoms with Gasteiger partial charge in [-0.3, -0.25) is 19.8 Å². The molecule has 0 radical (unpaired) electrons. The fourth-order valence-electron chi connectivity index (χ4n) is 1.20. The van der Waals surface area contributed by atoms with Gasteiger partial charge in [0.15, 0.2) is 11.3 Å². The van der Waals surface area contributed by atoms with Crippen molar-refractivity contribution >= 4 is 57.4 Å². The van der Waals surface area contributed by atoms with Gasteiger partial charge >= 0.3 is 0 Å². The summed E-state index contributed by atoms with van der Waals surface area (Å²) in [4.78, 5) is 24.0. The maximum atomic E-state index is 11.4. The van der Waals surface area contributed by atoms with Crippen molar-refractivity contribution in [2.75, 3.05) is 5.75 Å². The molecule has 2 aliphatic heterocycles. The third-order valence-electron chi connectivity index (χ3n) is 1.80. The number of nitrogens with zero attached hydrogens (tertiary/aromatic N) is 1. The third kappa shape index (κ3) is 1.49. The third-order valence-corrected chi connectivity index (χ3v) is 3.40. The highest BCUT2D eigenvalue weighted by molar-refractivity contribution is 8.24. The van der Waals surface area contributed by atoms with E-state index in [1.54, 1.807) is 0 Å². The number of nitrogens with one attached hydrogen (secondary N) is 2. The summed E-state index contributed by atoms with van der Waals surface area (Å²) in [6, 6.07) is 0. The molecule has 0 aromatic heterocycles. The predicted octanol–water partition coefficient (Wildman–Crippen LogP) is -0.823. The Morgan fingerprint density at radius 1 is 1.43 bits per heavy atom. The molecule has 0 spiro atoms. The van der Waals surface area contributed by atoms with E-state index in [0.717, 1.165) is 0 Å². The Hall–Kier alpha value is -0.730. The first kappa shape index (κ1) is 9.81. The first-order chi connectivity index (χ1) is 6.59. The van der Waals surface area contributed by atoms with Crippen LogP contribution in [0.1, 0.15) is 0 Å². The van der Waals surface area contributed by atoms with Gasteiger partial charge in [0.1, 0.15) is 4.32 Å². The number of carbonyl (C=O) groups is 2. The largest absolute Gasteiger partial charge is 0.334 e. The number of amides is 2. The second kappa shape index (κ2) is 3.44. The van der Waals surface area contributed by atoms with Crippen molar-refractivity contribution in [2.24, 2.45) is 0 Å². The topological polar surface area (TPSA) is 61.4 Å². The van der Waals surface area contributed by atoms with Crippen LogP contribution in [-0.4, -0.2) is 38.1 Å². The molecule has 0 aromatic carbocycles. The molecule has 2 amide bonds. The summed E-state index contributed by atoms with van der Waals surface area (Å²) in [6.07, 6.45) is -0.766. The summed E-state index contributed by atoms with van der Waals surface area (Å²) < 4.78 is 0.410. The molecule has 8 heteroatoms. The molecule has 0 saturated carbocycles. The second-order valence-corrected chi connectivity index (χ2v) is 4.70. The molecule has 0 aliphatic carbocycles. The summed E-state index contributed by atoms with van der Waals surface area (Å²) in [5.74, 6) is -0.220. The quantitative estimate of drug-likeness (QED) is 0.590. The molecule has 1 unspecified atom stereocenters. The number of hydrogen-bond acceptors (Lipinski definition) is 5. The first-order valence-corrected chi connectivity index (χ1v) is 5.50. The maximum absolute atomic E-state index is 11.4. The number of thiocarbonyl (C=S) groups is 2. The van der Waals surface area contributed by atoms with Crippen molar-refractivity contribution in [3.05, 3.63) is 0 Å². The molecular formula is C6H5N3O2S3. The lowest BCUT2D eigenvalue weighted by Gasteiger charge is -2.19. The number of rotatable bonds is 1. The number of hydrogen-bond donors (Lipinski definition) is 2. The lowest BCUT2D eigenvalue weighted by molar-refractivity contribution is -0.132. The van der Waals surface area contributed by atoms with Crippen molar-refractivity contribution in [1.82, 2.24) is 15.5 Å². The highest BCUT2D eigenvalue weighted by Gasteiger charge is 2.40. The van der Waals surface area contributed by atoms with Crippen LogP contribution in [0.25, 0.3) is 0 Å². The average molecular weight is 247 g/mol.